The number of aromatic hydroxyl groups is 1. The van der Waals surface area contributed by atoms with Crippen LogP contribution in [0.4, 0.5) is 30.7 Å². The number of phenolic OH excluding ortho intramolecular Hbond substituents is 1. The molecular weight excluding hydrogens is 599 g/mol. The Bertz CT molecular complexity index is 1370. The second-order valence-electron chi connectivity index (χ2n) is 11.2. The predicted octanol–water partition coefficient (Wildman–Crippen LogP) is 8.19. The highest BCUT2D eigenvalue weighted by atomic mass is 32.2. The molecule has 0 heterocycles. The van der Waals surface area contributed by atoms with Crippen molar-refractivity contribution >= 4 is 21.0 Å². The summed E-state index contributed by atoms with van der Waals surface area (Å²) in [6, 6.07) is 8.82. The van der Waals surface area contributed by atoms with Crippen LogP contribution in [0.1, 0.15) is 74.5 Å². The second kappa shape index (κ2) is 14.9. The molecule has 0 radical (unpaired) electrons. The van der Waals surface area contributed by atoms with Crippen molar-refractivity contribution in [3.63, 3.8) is 0 Å². The quantitative estimate of drug-likeness (QED) is 0.158. The molecule has 12 heteroatoms. The zero-order valence-corrected chi connectivity index (χ0v) is 24.9. The van der Waals surface area contributed by atoms with Gasteiger partial charge >= 0.3 is 12.1 Å². The molecule has 0 amide bonds. The standard InChI is InChI=1S/C31H38F7NO3S/c1-39(17-7-18-43(41,42)19-15-30(34,35)31(36,37)38)16-5-3-2-4-9-26-25-14-12-24(40)20-22(25)8-6-10-27(26)28-13-11-23(32)21-29(28)33/h11-14,20-21,40H,2-10,15-19H2,1H3. The van der Waals surface area contributed by atoms with Crippen molar-refractivity contribution in [3.8, 4) is 5.75 Å². The first-order chi connectivity index (χ1) is 20.1. The van der Waals surface area contributed by atoms with E-state index in [2.05, 4.69) is 0 Å². The molecule has 0 saturated carbocycles. The van der Waals surface area contributed by atoms with Crippen molar-refractivity contribution in [1.29, 1.82) is 0 Å². The maximum atomic E-state index is 14.8. The largest absolute Gasteiger partial charge is 0.508 e. The Balaban J connectivity index is 1.49. The van der Waals surface area contributed by atoms with E-state index < -0.39 is 51.5 Å². The van der Waals surface area contributed by atoms with E-state index in [4.69, 9.17) is 0 Å². The van der Waals surface area contributed by atoms with Crippen LogP contribution in [0.5, 0.6) is 5.75 Å². The lowest BCUT2D eigenvalue weighted by Gasteiger charge is -2.19. The lowest BCUT2D eigenvalue weighted by molar-refractivity contribution is -0.282. The number of nitrogens with zero attached hydrogens (tertiary/aromatic N) is 1. The van der Waals surface area contributed by atoms with Gasteiger partial charge in [0, 0.05) is 18.1 Å². The monoisotopic (exact) mass is 637 g/mol. The van der Waals surface area contributed by atoms with Gasteiger partial charge in [-0.3, -0.25) is 0 Å². The van der Waals surface area contributed by atoms with E-state index in [1.54, 1.807) is 19.2 Å². The molecule has 0 saturated heterocycles. The first-order valence-corrected chi connectivity index (χ1v) is 16.2. The molecule has 0 bridgehead atoms. The average Bonchev–Trinajstić information content (AvgIpc) is 3.07. The first-order valence-electron chi connectivity index (χ1n) is 14.4. The summed E-state index contributed by atoms with van der Waals surface area (Å²) in [5.74, 6) is -7.80. The van der Waals surface area contributed by atoms with Gasteiger partial charge in [-0.15, -0.1) is 0 Å². The summed E-state index contributed by atoms with van der Waals surface area (Å²) < 4.78 is 115. The van der Waals surface area contributed by atoms with Gasteiger partial charge in [-0.1, -0.05) is 18.9 Å². The summed E-state index contributed by atoms with van der Waals surface area (Å²) in [4.78, 5) is 1.89. The van der Waals surface area contributed by atoms with Gasteiger partial charge in [0.15, 0.2) is 9.84 Å². The molecule has 0 fully saturated rings. The topological polar surface area (TPSA) is 57.6 Å². The summed E-state index contributed by atoms with van der Waals surface area (Å²) in [7, 11) is -2.25. The lowest BCUT2D eigenvalue weighted by atomic mass is 9.88. The fourth-order valence-corrected chi connectivity index (χ4v) is 6.74. The van der Waals surface area contributed by atoms with Crippen LogP contribution in [0.15, 0.2) is 36.4 Å². The van der Waals surface area contributed by atoms with Gasteiger partial charge in [-0.25, -0.2) is 17.2 Å². The van der Waals surface area contributed by atoms with Crippen LogP contribution in [0.3, 0.4) is 0 Å². The van der Waals surface area contributed by atoms with E-state index in [1.807, 2.05) is 11.0 Å². The van der Waals surface area contributed by atoms with E-state index in [1.165, 1.54) is 12.1 Å². The molecule has 0 atom stereocenters. The molecule has 1 aliphatic carbocycles. The zero-order chi connectivity index (χ0) is 31.8. The molecule has 0 spiro atoms. The Kier molecular flexibility index (Phi) is 12.1. The molecule has 0 aromatic heterocycles. The third kappa shape index (κ3) is 10.2. The number of rotatable bonds is 15. The van der Waals surface area contributed by atoms with Crippen LogP contribution in [0.2, 0.25) is 0 Å². The van der Waals surface area contributed by atoms with Gasteiger partial charge in [-0.2, -0.15) is 22.0 Å². The first kappa shape index (κ1) is 34.9. The number of hydrogen-bond acceptors (Lipinski definition) is 4. The van der Waals surface area contributed by atoms with E-state index in [-0.39, 0.29) is 12.2 Å². The fraction of sp³-hybridized carbons (Fsp3) is 0.548. The van der Waals surface area contributed by atoms with Crippen LogP contribution in [-0.2, 0) is 16.3 Å². The highest BCUT2D eigenvalue weighted by Gasteiger charge is 2.57. The number of allylic oxidation sites excluding steroid dienone is 2. The minimum Gasteiger partial charge on any atom is -0.508 e. The van der Waals surface area contributed by atoms with Gasteiger partial charge in [0.25, 0.3) is 0 Å². The van der Waals surface area contributed by atoms with Gasteiger partial charge in [0.05, 0.1) is 11.5 Å². The molecule has 3 rings (SSSR count). The molecule has 43 heavy (non-hydrogen) atoms. The van der Waals surface area contributed by atoms with Crippen LogP contribution in [-0.4, -0.2) is 62.2 Å². The molecule has 1 aliphatic rings. The van der Waals surface area contributed by atoms with E-state index in [0.717, 1.165) is 66.9 Å². The van der Waals surface area contributed by atoms with Crippen molar-refractivity contribution in [1.82, 2.24) is 4.90 Å². The second-order valence-corrected chi connectivity index (χ2v) is 13.5. The number of benzene rings is 2. The van der Waals surface area contributed by atoms with Gasteiger partial charge < -0.3 is 10.0 Å². The number of aryl methyl sites for hydroxylation is 1. The van der Waals surface area contributed by atoms with Gasteiger partial charge in [0.2, 0.25) is 0 Å². The van der Waals surface area contributed by atoms with Crippen molar-refractivity contribution in [2.24, 2.45) is 0 Å². The van der Waals surface area contributed by atoms with Gasteiger partial charge in [-0.05, 0) is 112 Å². The summed E-state index contributed by atoms with van der Waals surface area (Å²) >= 11 is 0. The molecule has 1 N–H and O–H groups in total. The number of phenols is 1. The fourth-order valence-electron chi connectivity index (χ4n) is 5.40. The highest BCUT2D eigenvalue weighted by molar-refractivity contribution is 7.91. The number of hydrogen-bond donors (Lipinski definition) is 1. The smallest absolute Gasteiger partial charge is 0.453 e. The number of unbranched alkanes of at least 4 members (excludes halogenated alkanes) is 3. The summed E-state index contributed by atoms with van der Waals surface area (Å²) in [5, 5.41) is 10.00. The molecule has 240 valence electrons. The number of sulfone groups is 1. The highest BCUT2D eigenvalue weighted by Crippen LogP contribution is 2.41. The zero-order valence-electron chi connectivity index (χ0n) is 24.1. The van der Waals surface area contributed by atoms with Crippen molar-refractivity contribution in [2.45, 2.75) is 76.3 Å². The maximum absolute atomic E-state index is 14.8. The Labute approximate surface area is 248 Å². The number of alkyl halides is 5. The molecule has 0 unspecified atom stereocenters. The van der Waals surface area contributed by atoms with Crippen LogP contribution < -0.4 is 0 Å². The minimum atomic E-state index is -5.77. The average molecular weight is 638 g/mol. The Morgan fingerprint density at radius 2 is 1.51 bits per heavy atom. The summed E-state index contributed by atoms with van der Waals surface area (Å²) in [5.41, 5.74) is 4.18. The van der Waals surface area contributed by atoms with Crippen LogP contribution in [0, 0.1) is 11.6 Å². The van der Waals surface area contributed by atoms with E-state index in [0.29, 0.717) is 31.5 Å². The lowest BCUT2D eigenvalue weighted by Crippen LogP contribution is -2.38. The van der Waals surface area contributed by atoms with E-state index in [9.17, 15) is 44.3 Å². The molecule has 2 aromatic carbocycles. The van der Waals surface area contributed by atoms with Gasteiger partial charge in [0.1, 0.15) is 17.4 Å². The molecule has 0 aliphatic heterocycles. The third-order valence-electron chi connectivity index (χ3n) is 7.76. The van der Waals surface area contributed by atoms with Crippen molar-refractivity contribution < 1.29 is 44.3 Å². The summed E-state index contributed by atoms with van der Waals surface area (Å²) in [6.45, 7) is 1.01. The Morgan fingerprint density at radius 3 is 2.21 bits per heavy atom. The minimum absolute atomic E-state index is 0.127. The molecular formula is C31H38F7NO3S. The van der Waals surface area contributed by atoms with Crippen LogP contribution >= 0.6 is 0 Å². The van der Waals surface area contributed by atoms with Crippen molar-refractivity contribution in [2.75, 3.05) is 31.6 Å². The number of halogens is 7. The molecule has 4 nitrogen and oxygen atoms in total. The third-order valence-corrected chi connectivity index (χ3v) is 9.50. The SMILES string of the molecule is CN(CCCCCCC1=C(c2ccc(F)cc2F)CCCc2cc(O)ccc21)CCCS(=O)(=O)CCC(F)(F)C(F)(F)F. The summed E-state index contributed by atoms with van der Waals surface area (Å²) in [6.07, 6.45) is -1.28. The normalized spacial score (nSPS) is 14.7. The maximum Gasteiger partial charge on any atom is 0.453 e. The molecule has 2 aromatic rings. The predicted molar refractivity (Wildman–Crippen MR) is 154 cm³/mol. The van der Waals surface area contributed by atoms with Crippen LogP contribution in [0.25, 0.3) is 11.1 Å². The Morgan fingerprint density at radius 1 is 0.837 bits per heavy atom. The van der Waals surface area contributed by atoms with E-state index >= 15 is 0 Å². The number of fused-ring (bicyclic) bond motifs is 1. The Hall–Kier alpha value is -2.60. The van der Waals surface area contributed by atoms with Crippen molar-refractivity contribution in [3.05, 3.63) is 64.7 Å².